The highest BCUT2D eigenvalue weighted by atomic mass is 16.1. The Morgan fingerprint density at radius 3 is 2.85 bits per heavy atom. The Kier molecular flexibility index (Phi) is 6.06. The number of hydrogen-bond acceptors (Lipinski definition) is 2. The Bertz CT molecular complexity index is 399. The molecule has 1 aromatic carbocycles. The van der Waals surface area contributed by atoms with Crippen molar-refractivity contribution in [2.45, 2.75) is 38.5 Å². The SMILES string of the molecule is CCC(C(=O)NCCC1CCCNC1)c1ccccc1. The summed E-state index contributed by atoms with van der Waals surface area (Å²) >= 11 is 0. The molecule has 1 aliphatic rings. The van der Waals surface area contributed by atoms with Crippen LogP contribution in [0.4, 0.5) is 0 Å². The molecule has 0 spiro atoms. The minimum absolute atomic E-state index is 0.0133. The predicted molar refractivity (Wildman–Crippen MR) is 82.7 cm³/mol. The lowest BCUT2D eigenvalue weighted by Crippen LogP contribution is -2.34. The summed E-state index contributed by atoms with van der Waals surface area (Å²) in [7, 11) is 0. The Hall–Kier alpha value is -1.35. The standard InChI is InChI=1S/C17H26N2O/c1-2-16(15-8-4-3-5-9-15)17(20)19-12-10-14-7-6-11-18-13-14/h3-5,8-9,14,16,18H,2,6-7,10-13H2,1H3,(H,19,20). The van der Waals surface area contributed by atoms with E-state index >= 15 is 0 Å². The van der Waals surface area contributed by atoms with Crippen molar-refractivity contribution in [1.82, 2.24) is 10.6 Å². The summed E-state index contributed by atoms with van der Waals surface area (Å²) in [4.78, 5) is 12.3. The second-order valence-electron chi connectivity index (χ2n) is 5.66. The fourth-order valence-corrected chi connectivity index (χ4v) is 2.95. The first kappa shape index (κ1) is 15.0. The number of hydrogen-bond donors (Lipinski definition) is 2. The van der Waals surface area contributed by atoms with Crippen molar-refractivity contribution in [1.29, 1.82) is 0 Å². The lowest BCUT2D eigenvalue weighted by molar-refractivity contribution is -0.122. The number of nitrogens with one attached hydrogen (secondary N) is 2. The maximum absolute atomic E-state index is 12.3. The van der Waals surface area contributed by atoms with Crippen LogP contribution >= 0.6 is 0 Å². The van der Waals surface area contributed by atoms with E-state index in [1.165, 1.54) is 12.8 Å². The van der Waals surface area contributed by atoms with Gasteiger partial charge in [0.15, 0.2) is 0 Å². The molecule has 2 N–H and O–H groups in total. The van der Waals surface area contributed by atoms with E-state index in [0.717, 1.165) is 44.0 Å². The van der Waals surface area contributed by atoms with E-state index in [1.807, 2.05) is 30.3 Å². The molecule has 0 aromatic heterocycles. The normalized spacial score (nSPS) is 20.4. The van der Waals surface area contributed by atoms with E-state index < -0.39 is 0 Å². The minimum Gasteiger partial charge on any atom is -0.356 e. The summed E-state index contributed by atoms with van der Waals surface area (Å²) < 4.78 is 0. The molecular formula is C17H26N2O. The summed E-state index contributed by atoms with van der Waals surface area (Å²) in [6, 6.07) is 10.1. The van der Waals surface area contributed by atoms with Gasteiger partial charge in [0.25, 0.3) is 0 Å². The van der Waals surface area contributed by atoms with Crippen LogP contribution in [0.2, 0.25) is 0 Å². The molecule has 2 rings (SSSR count). The highest BCUT2D eigenvalue weighted by Crippen LogP contribution is 2.19. The molecule has 3 nitrogen and oxygen atoms in total. The minimum atomic E-state index is -0.0133. The average Bonchev–Trinajstić information content (AvgIpc) is 2.50. The zero-order chi connectivity index (χ0) is 14.2. The van der Waals surface area contributed by atoms with Gasteiger partial charge in [-0.25, -0.2) is 0 Å². The fraction of sp³-hybridized carbons (Fsp3) is 0.588. The van der Waals surface area contributed by atoms with Gasteiger partial charge in [-0.1, -0.05) is 37.3 Å². The van der Waals surface area contributed by atoms with Crippen LogP contribution < -0.4 is 10.6 Å². The van der Waals surface area contributed by atoms with Crippen LogP contribution in [0.5, 0.6) is 0 Å². The first-order valence-electron chi connectivity index (χ1n) is 7.84. The Morgan fingerprint density at radius 1 is 1.40 bits per heavy atom. The van der Waals surface area contributed by atoms with Gasteiger partial charge in [0.2, 0.25) is 5.91 Å². The molecule has 20 heavy (non-hydrogen) atoms. The van der Waals surface area contributed by atoms with E-state index in [0.29, 0.717) is 0 Å². The Balaban J connectivity index is 1.78. The van der Waals surface area contributed by atoms with Gasteiger partial charge in [-0.05, 0) is 50.3 Å². The Morgan fingerprint density at radius 2 is 2.20 bits per heavy atom. The number of rotatable bonds is 6. The summed E-state index contributed by atoms with van der Waals surface area (Å²) in [6.45, 7) is 5.12. The van der Waals surface area contributed by atoms with Crippen LogP contribution in [0.15, 0.2) is 30.3 Å². The smallest absolute Gasteiger partial charge is 0.227 e. The van der Waals surface area contributed by atoms with E-state index in [9.17, 15) is 4.79 Å². The van der Waals surface area contributed by atoms with Crippen molar-refractivity contribution in [3.8, 4) is 0 Å². The largest absolute Gasteiger partial charge is 0.356 e. The first-order chi connectivity index (χ1) is 9.81. The van der Waals surface area contributed by atoms with Crippen molar-refractivity contribution in [3.63, 3.8) is 0 Å². The number of carbonyl (C=O) groups is 1. The maximum Gasteiger partial charge on any atom is 0.227 e. The quantitative estimate of drug-likeness (QED) is 0.837. The van der Waals surface area contributed by atoms with Crippen LogP contribution in [0.1, 0.15) is 44.1 Å². The van der Waals surface area contributed by atoms with Gasteiger partial charge in [0, 0.05) is 6.54 Å². The molecule has 1 amide bonds. The molecule has 110 valence electrons. The molecule has 1 heterocycles. The van der Waals surface area contributed by atoms with Crippen molar-refractivity contribution in [3.05, 3.63) is 35.9 Å². The number of piperidine rings is 1. The molecule has 1 aromatic rings. The highest BCUT2D eigenvalue weighted by molar-refractivity contribution is 5.83. The Labute approximate surface area is 122 Å². The van der Waals surface area contributed by atoms with Gasteiger partial charge in [-0.2, -0.15) is 0 Å². The molecule has 0 radical (unpaired) electrons. The fourth-order valence-electron chi connectivity index (χ4n) is 2.95. The lowest BCUT2D eigenvalue weighted by Gasteiger charge is -2.23. The van der Waals surface area contributed by atoms with Gasteiger partial charge in [-0.15, -0.1) is 0 Å². The van der Waals surface area contributed by atoms with E-state index in [-0.39, 0.29) is 11.8 Å². The topological polar surface area (TPSA) is 41.1 Å². The second-order valence-corrected chi connectivity index (χ2v) is 5.66. The van der Waals surface area contributed by atoms with E-state index in [1.54, 1.807) is 0 Å². The molecule has 3 heteroatoms. The number of amides is 1. The third-order valence-corrected chi connectivity index (χ3v) is 4.18. The average molecular weight is 274 g/mol. The summed E-state index contributed by atoms with van der Waals surface area (Å²) in [6.07, 6.45) is 4.49. The molecule has 0 saturated carbocycles. The van der Waals surface area contributed by atoms with Gasteiger partial charge >= 0.3 is 0 Å². The van der Waals surface area contributed by atoms with Crippen LogP contribution in [0.25, 0.3) is 0 Å². The van der Waals surface area contributed by atoms with Crippen molar-refractivity contribution in [2.75, 3.05) is 19.6 Å². The molecule has 1 saturated heterocycles. The zero-order valence-electron chi connectivity index (χ0n) is 12.4. The van der Waals surface area contributed by atoms with Gasteiger partial charge in [0.05, 0.1) is 5.92 Å². The second kappa shape index (κ2) is 8.05. The van der Waals surface area contributed by atoms with Crippen molar-refractivity contribution >= 4 is 5.91 Å². The third-order valence-electron chi connectivity index (χ3n) is 4.18. The van der Waals surface area contributed by atoms with E-state index in [4.69, 9.17) is 0 Å². The highest BCUT2D eigenvalue weighted by Gasteiger charge is 2.18. The summed E-state index contributed by atoms with van der Waals surface area (Å²) in [5.74, 6) is 0.879. The zero-order valence-corrected chi connectivity index (χ0v) is 12.4. The van der Waals surface area contributed by atoms with Crippen LogP contribution in [-0.4, -0.2) is 25.5 Å². The first-order valence-corrected chi connectivity index (χ1v) is 7.84. The van der Waals surface area contributed by atoms with Gasteiger partial charge in [-0.3, -0.25) is 4.79 Å². The molecule has 0 bridgehead atoms. The van der Waals surface area contributed by atoms with Crippen LogP contribution in [0.3, 0.4) is 0 Å². The predicted octanol–water partition coefficient (Wildman–Crippen LogP) is 2.69. The van der Waals surface area contributed by atoms with Gasteiger partial charge < -0.3 is 10.6 Å². The number of benzene rings is 1. The van der Waals surface area contributed by atoms with Crippen LogP contribution in [0, 0.1) is 5.92 Å². The van der Waals surface area contributed by atoms with Gasteiger partial charge in [0.1, 0.15) is 0 Å². The molecular weight excluding hydrogens is 248 g/mol. The molecule has 2 unspecified atom stereocenters. The summed E-state index contributed by atoms with van der Waals surface area (Å²) in [5, 5.41) is 6.53. The van der Waals surface area contributed by atoms with Crippen molar-refractivity contribution < 1.29 is 4.79 Å². The molecule has 2 atom stereocenters. The molecule has 1 fully saturated rings. The number of carbonyl (C=O) groups excluding carboxylic acids is 1. The maximum atomic E-state index is 12.3. The third kappa shape index (κ3) is 4.34. The van der Waals surface area contributed by atoms with Crippen LogP contribution in [-0.2, 0) is 4.79 Å². The monoisotopic (exact) mass is 274 g/mol. The van der Waals surface area contributed by atoms with E-state index in [2.05, 4.69) is 17.6 Å². The van der Waals surface area contributed by atoms with Crippen molar-refractivity contribution in [2.24, 2.45) is 5.92 Å². The molecule has 1 aliphatic heterocycles. The lowest BCUT2D eigenvalue weighted by atomic mass is 9.94. The molecule has 0 aliphatic carbocycles. The summed E-state index contributed by atoms with van der Waals surface area (Å²) in [5.41, 5.74) is 1.12.